The first-order chi connectivity index (χ1) is 15.9. The molecule has 172 valence electrons. The van der Waals surface area contributed by atoms with E-state index in [-0.39, 0.29) is 11.9 Å². The van der Waals surface area contributed by atoms with Gasteiger partial charge in [-0.25, -0.2) is 9.97 Å². The van der Waals surface area contributed by atoms with E-state index < -0.39 is 0 Å². The molecule has 1 fully saturated rings. The number of hydrogen-bond donors (Lipinski definition) is 0. The number of nitrogens with zero attached hydrogens (tertiary/aromatic N) is 5. The summed E-state index contributed by atoms with van der Waals surface area (Å²) in [6, 6.07) is 7.84. The molecule has 0 aliphatic carbocycles. The maximum Gasteiger partial charge on any atom is 0.227 e. The van der Waals surface area contributed by atoms with Crippen molar-refractivity contribution in [3.8, 4) is 16.9 Å². The van der Waals surface area contributed by atoms with Crippen molar-refractivity contribution in [1.82, 2.24) is 19.9 Å². The average Bonchev–Trinajstić information content (AvgIpc) is 3.29. The molecule has 0 saturated carbocycles. The molecular weight excluding hydrogens is 414 g/mol. The van der Waals surface area contributed by atoms with E-state index in [1.54, 1.807) is 13.3 Å². The molecule has 1 aliphatic heterocycles. The van der Waals surface area contributed by atoms with Gasteiger partial charge in [-0.2, -0.15) is 0 Å². The van der Waals surface area contributed by atoms with Gasteiger partial charge in [0.05, 0.1) is 25.3 Å². The number of hydrogen-bond acceptors (Lipinski definition) is 6. The number of likely N-dealkylation sites (tertiary alicyclic amines) is 1. The molecule has 1 amide bonds. The first kappa shape index (κ1) is 22.7. The molecule has 4 rings (SSSR count). The monoisotopic (exact) mass is 445 g/mol. The minimum atomic E-state index is -0.0823. The summed E-state index contributed by atoms with van der Waals surface area (Å²) in [4.78, 5) is 31.0. The highest BCUT2D eigenvalue weighted by Gasteiger charge is 2.33. The smallest absolute Gasteiger partial charge is 0.227 e. The van der Waals surface area contributed by atoms with Crippen LogP contribution in [0.5, 0.6) is 5.75 Å². The quantitative estimate of drug-likeness (QED) is 0.568. The first-order valence-electron chi connectivity index (χ1n) is 11.3. The van der Waals surface area contributed by atoms with Crippen LogP contribution in [0.25, 0.3) is 11.1 Å². The molecule has 3 aromatic rings. The molecule has 1 saturated heterocycles. The van der Waals surface area contributed by atoms with Crippen molar-refractivity contribution in [3.63, 3.8) is 0 Å². The van der Waals surface area contributed by atoms with E-state index in [2.05, 4.69) is 9.97 Å². The Morgan fingerprint density at radius 3 is 2.67 bits per heavy atom. The molecule has 2 aromatic heterocycles. The van der Waals surface area contributed by atoms with E-state index in [1.165, 1.54) is 0 Å². The third-order valence-corrected chi connectivity index (χ3v) is 6.22. The van der Waals surface area contributed by atoms with E-state index >= 15 is 0 Å². The predicted octanol–water partition coefficient (Wildman–Crippen LogP) is 4.14. The standard InChI is InChI=1S/C26H31N5O2/c1-17-13-19(8-9-23(17)33-5)14-24(32)31-12-6-7-22(31)25-21(16-28-26(29-25)30(3)4)20-10-11-27-15-18(20)2/h8-11,13,15-16,22H,6-7,12,14H2,1-5H3/t22-/m1/s1. The molecular formula is C26H31N5O2. The highest BCUT2D eigenvalue weighted by atomic mass is 16.5. The second-order valence-corrected chi connectivity index (χ2v) is 8.78. The summed E-state index contributed by atoms with van der Waals surface area (Å²) in [5.41, 5.74) is 6.00. The van der Waals surface area contributed by atoms with Crippen LogP contribution in [0.2, 0.25) is 0 Å². The van der Waals surface area contributed by atoms with E-state index in [1.807, 2.05) is 74.4 Å². The van der Waals surface area contributed by atoms with E-state index in [0.29, 0.717) is 12.4 Å². The number of methoxy groups -OCH3 is 1. The van der Waals surface area contributed by atoms with E-state index in [4.69, 9.17) is 9.72 Å². The zero-order chi connectivity index (χ0) is 23.5. The van der Waals surface area contributed by atoms with Gasteiger partial charge in [0.2, 0.25) is 11.9 Å². The van der Waals surface area contributed by atoms with Crippen LogP contribution in [0.3, 0.4) is 0 Å². The molecule has 3 heterocycles. The minimum absolute atomic E-state index is 0.0823. The topological polar surface area (TPSA) is 71.5 Å². The molecule has 0 bridgehead atoms. The fraction of sp³-hybridized carbons (Fsp3) is 0.385. The molecule has 7 heteroatoms. The van der Waals surface area contributed by atoms with Crippen LogP contribution in [-0.4, -0.2) is 53.5 Å². The number of anilines is 1. The molecule has 1 aliphatic rings. The highest BCUT2D eigenvalue weighted by Crippen LogP contribution is 2.38. The minimum Gasteiger partial charge on any atom is -0.496 e. The van der Waals surface area contributed by atoms with Crippen LogP contribution in [0.4, 0.5) is 5.95 Å². The van der Waals surface area contributed by atoms with E-state index in [9.17, 15) is 4.79 Å². The Bertz CT molecular complexity index is 1160. The second kappa shape index (κ2) is 9.57. The van der Waals surface area contributed by atoms with Crippen molar-refractivity contribution < 1.29 is 9.53 Å². The normalized spacial score (nSPS) is 15.5. The highest BCUT2D eigenvalue weighted by molar-refractivity contribution is 5.80. The fourth-order valence-corrected chi connectivity index (χ4v) is 4.51. The molecule has 0 spiro atoms. The van der Waals surface area contributed by atoms with Crippen LogP contribution < -0.4 is 9.64 Å². The van der Waals surface area contributed by atoms with Crippen molar-refractivity contribution in [2.24, 2.45) is 0 Å². The molecule has 0 N–H and O–H groups in total. The number of carbonyl (C=O) groups is 1. The number of carbonyl (C=O) groups excluding carboxylic acids is 1. The van der Waals surface area contributed by atoms with Crippen molar-refractivity contribution >= 4 is 11.9 Å². The summed E-state index contributed by atoms with van der Waals surface area (Å²) in [5, 5.41) is 0. The number of pyridine rings is 1. The lowest BCUT2D eigenvalue weighted by Crippen LogP contribution is -2.33. The summed E-state index contributed by atoms with van der Waals surface area (Å²) in [6.07, 6.45) is 7.71. The fourth-order valence-electron chi connectivity index (χ4n) is 4.51. The lowest BCUT2D eigenvalue weighted by molar-refractivity contribution is -0.131. The SMILES string of the molecule is COc1ccc(CC(=O)N2CCC[C@@H]2c2nc(N(C)C)ncc2-c2ccncc2C)cc1C. The Morgan fingerprint density at radius 2 is 1.97 bits per heavy atom. The number of rotatable bonds is 6. The summed E-state index contributed by atoms with van der Waals surface area (Å²) in [6.45, 7) is 4.77. The van der Waals surface area contributed by atoms with Gasteiger partial charge in [0.15, 0.2) is 0 Å². The van der Waals surface area contributed by atoms with Crippen molar-refractivity contribution in [2.45, 2.75) is 39.2 Å². The number of amides is 1. The van der Waals surface area contributed by atoms with Crippen molar-refractivity contribution in [3.05, 3.63) is 65.2 Å². The van der Waals surface area contributed by atoms with Crippen LogP contribution in [-0.2, 0) is 11.2 Å². The number of benzene rings is 1. The number of aryl methyl sites for hydroxylation is 2. The Labute approximate surface area is 195 Å². The van der Waals surface area contributed by atoms with Gasteiger partial charge in [0.25, 0.3) is 0 Å². The van der Waals surface area contributed by atoms with Gasteiger partial charge in [0, 0.05) is 44.8 Å². The van der Waals surface area contributed by atoms with Gasteiger partial charge in [0.1, 0.15) is 5.75 Å². The zero-order valence-corrected chi connectivity index (χ0v) is 20.0. The molecule has 1 aromatic carbocycles. The molecule has 1 atom stereocenters. The summed E-state index contributed by atoms with van der Waals surface area (Å²) in [5.74, 6) is 1.59. The van der Waals surface area contributed by atoms with Gasteiger partial charge >= 0.3 is 0 Å². The summed E-state index contributed by atoms with van der Waals surface area (Å²) >= 11 is 0. The Hall–Kier alpha value is -3.48. The maximum absolute atomic E-state index is 13.4. The first-order valence-corrected chi connectivity index (χ1v) is 11.3. The van der Waals surface area contributed by atoms with Crippen LogP contribution in [0, 0.1) is 13.8 Å². The predicted molar refractivity (Wildman–Crippen MR) is 129 cm³/mol. The van der Waals surface area contributed by atoms with Crippen LogP contribution >= 0.6 is 0 Å². The summed E-state index contributed by atoms with van der Waals surface area (Å²) < 4.78 is 5.36. The van der Waals surface area contributed by atoms with Crippen molar-refractivity contribution in [1.29, 1.82) is 0 Å². The van der Waals surface area contributed by atoms with Crippen LogP contribution in [0.1, 0.15) is 41.3 Å². The van der Waals surface area contributed by atoms with Gasteiger partial charge in [-0.15, -0.1) is 0 Å². The molecule has 0 unspecified atom stereocenters. The summed E-state index contributed by atoms with van der Waals surface area (Å²) in [7, 11) is 5.52. The number of aromatic nitrogens is 3. The molecule has 0 radical (unpaired) electrons. The average molecular weight is 446 g/mol. The lowest BCUT2D eigenvalue weighted by Gasteiger charge is -2.27. The largest absolute Gasteiger partial charge is 0.496 e. The van der Waals surface area contributed by atoms with Crippen LogP contribution in [0.15, 0.2) is 42.9 Å². The Balaban J connectivity index is 1.68. The van der Waals surface area contributed by atoms with Gasteiger partial charge in [-0.05, 0) is 61.1 Å². The van der Waals surface area contributed by atoms with Gasteiger partial charge in [-0.3, -0.25) is 9.78 Å². The zero-order valence-electron chi connectivity index (χ0n) is 20.0. The maximum atomic E-state index is 13.4. The van der Waals surface area contributed by atoms with Gasteiger partial charge in [-0.1, -0.05) is 12.1 Å². The third-order valence-electron chi connectivity index (χ3n) is 6.22. The number of ether oxygens (including phenoxy) is 1. The van der Waals surface area contributed by atoms with Gasteiger partial charge < -0.3 is 14.5 Å². The lowest BCUT2D eigenvalue weighted by atomic mass is 9.97. The third kappa shape index (κ3) is 4.67. The molecule has 7 nitrogen and oxygen atoms in total. The van der Waals surface area contributed by atoms with Crippen molar-refractivity contribution in [2.75, 3.05) is 32.6 Å². The Kier molecular flexibility index (Phi) is 6.58. The molecule has 33 heavy (non-hydrogen) atoms. The second-order valence-electron chi connectivity index (χ2n) is 8.78. The Morgan fingerprint density at radius 1 is 1.15 bits per heavy atom. The van der Waals surface area contributed by atoms with E-state index in [0.717, 1.165) is 58.6 Å².